The van der Waals surface area contributed by atoms with Crippen LogP contribution < -0.4 is 0 Å². The second-order valence-electron chi connectivity index (χ2n) is 5.32. The summed E-state index contributed by atoms with van der Waals surface area (Å²) in [6.07, 6.45) is 7.01. The topological polar surface area (TPSA) is 12.5 Å². The second kappa shape index (κ2) is 8.08. The third-order valence-corrected chi connectivity index (χ3v) is 3.55. The van der Waals surface area contributed by atoms with E-state index in [1.807, 2.05) is 0 Å². The molecule has 0 saturated carbocycles. The molecule has 0 radical (unpaired) electrons. The molecule has 0 bridgehead atoms. The molecule has 96 valence electrons. The molecule has 1 heterocycles. The van der Waals surface area contributed by atoms with Gasteiger partial charge in [0, 0.05) is 13.2 Å². The monoisotopic (exact) mass is 227 g/mol. The van der Waals surface area contributed by atoms with Crippen molar-refractivity contribution in [2.45, 2.75) is 59.0 Å². The summed E-state index contributed by atoms with van der Waals surface area (Å²) in [6, 6.07) is 0. The predicted octanol–water partition coefficient (Wildman–Crippen LogP) is 3.31. The van der Waals surface area contributed by atoms with Crippen LogP contribution in [0, 0.1) is 5.92 Å². The first-order valence-electron chi connectivity index (χ1n) is 7.08. The average molecular weight is 227 g/mol. The van der Waals surface area contributed by atoms with E-state index < -0.39 is 0 Å². The van der Waals surface area contributed by atoms with Crippen molar-refractivity contribution >= 4 is 0 Å². The van der Waals surface area contributed by atoms with Gasteiger partial charge in [-0.3, -0.25) is 0 Å². The van der Waals surface area contributed by atoms with Crippen molar-refractivity contribution in [3.63, 3.8) is 0 Å². The van der Waals surface area contributed by atoms with Gasteiger partial charge in [0.2, 0.25) is 0 Å². The molecule has 2 heteroatoms. The molecular weight excluding hydrogens is 198 g/mol. The van der Waals surface area contributed by atoms with Gasteiger partial charge in [0.25, 0.3) is 0 Å². The molecular formula is C14H29NO. The Labute approximate surface area is 101 Å². The molecule has 1 rings (SSSR count). The normalized spacial score (nSPS) is 20.2. The maximum Gasteiger partial charge on any atom is 0.0595 e. The highest BCUT2D eigenvalue weighted by Gasteiger charge is 2.12. The molecule has 1 aliphatic heterocycles. The Morgan fingerprint density at radius 1 is 1.12 bits per heavy atom. The number of hydrogen-bond acceptors (Lipinski definition) is 2. The zero-order valence-corrected chi connectivity index (χ0v) is 11.4. The highest BCUT2D eigenvalue weighted by atomic mass is 16.5. The van der Waals surface area contributed by atoms with Gasteiger partial charge in [-0.15, -0.1) is 0 Å². The van der Waals surface area contributed by atoms with Gasteiger partial charge in [-0.25, -0.2) is 0 Å². The highest BCUT2D eigenvalue weighted by molar-refractivity contribution is 4.65. The van der Waals surface area contributed by atoms with Crippen LogP contribution in [0.25, 0.3) is 0 Å². The Kier molecular flexibility index (Phi) is 7.06. The smallest absolute Gasteiger partial charge is 0.0595 e. The lowest BCUT2D eigenvalue weighted by molar-refractivity contribution is 0.0147. The van der Waals surface area contributed by atoms with Gasteiger partial charge < -0.3 is 9.64 Å². The Balaban J connectivity index is 2.01. The Morgan fingerprint density at radius 3 is 2.38 bits per heavy atom. The molecule has 16 heavy (non-hydrogen) atoms. The molecule has 0 aromatic heterocycles. The van der Waals surface area contributed by atoms with E-state index in [4.69, 9.17) is 4.74 Å². The first kappa shape index (κ1) is 14.0. The molecule has 0 aliphatic carbocycles. The van der Waals surface area contributed by atoms with Crippen LogP contribution in [0.2, 0.25) is 0 Å². The van der Waals surface area contributed by atoms with Crippen molar-refractivity contribution in [2.75, 3.05) is 26.2 Å². The lowest BCUT2D eigenvalue weighted by Gasteiger charge is -2.27. The fourth-order valence-electron chi connectivity index (χ4n) is 2.49. The van der Waals surface area contributed by atoms with Gasteiger partial charge >= 0.3 is 0 Å². The SMILES string of the molecule is CCC(OCCCN1CCCCC1)C(C)C. The van der Waals surface area contributed by atoms with Crippen LogP contribution >= 0.6 is 0 Å². The van der Waals surface area contributed by atoms with E-state index in [9.17, 15) is 0 Å². The first-order valence-corrected chi connectivity index (χ1v) is 7.08. The molecule has 1 atom stereocenters. The molecule has 1 fully saturated rings. The molecule has 0 N–H and O–H groups in total. The van der Waals surface area contributed by atoms with Crippen LogP contribution in [0.15, 0.2) is 0 Å². The Hall–Kier alpha value is -0.0800. The lowest BCUT2D eigenvalue weighted by atomic mass is 10.1. The number of hydrogen-bond donors (Lipinski definition) is 0. The number of nitrogens with zero attached hydrogens (tertiary/aromatic N) is 1. The zero-order valence-electron chi connectivity index (χ0n) is 11.4. The van der Waals surface area contributed by atoms with E-state index in [0.717, 1.165) is 13.0 Å². The molecule has 1 saturated heterocycles. The maximum absolute atomic E-state index is 5.92. The van der Waals surface area contributed by atoms with Crippen molar-refractivity contribution in [3.8, 4) is 0 Å². The summed E-state index contributed by atoms with van der Waals surface area (Å²) in [5, 5.41) is 0. The summed E-state index contributed by atoms with van der Waals surface area (Å²) < 4.78 is 5.92. The minimum Gasteiger partial charge on any atom is -0.378 e. The summed E-state index contributed by atoms with van der Waals surface area (Å²) in [7, 11) is 0. The number of likely N-dealkylation sites (tertiary alicyclic amines) is 1. The number of piperidine rings is 1. The number of ether oxygens (including phenoxy) is 1. The van der Waals surface area contributed by atoms with E-state index in [1.165, 1.54) is 45.3 Å². The van der Waals surface area contributed by atoms with Crippen LogP contribution in [0.3, 0.4) is 0 Å². The third kappa shape index (κ3) is 5.31. The molecule has 0 spiro atoms. The van der Waals surface area contributed by atoms with E-state index in [1.54, 1.807) is 0 Å². The van der Waals surface area contributed by atoms with Crippen molar-refractivity contribution in [2.24, 2.45) is 5.92 Å². The molecule has 0 aromatic carbocycles. The van der Waals surface area contributed by atoms with Gasteiger partial charge in [0.05, 0.1) is 6.10 Å². The molecule has 0 amide bonds. The van der Waals surface area contributed by atoms with Crippen LogP contribution in [0.1, 0.15) is 52.9 Å². The quantitative estimate of drug-likeness (QED) is 0.619. The average Bonchev–Trinajstić information content (AvgIpc) is 2.30. The van der Waals surface area contributed by atoms with Gasteiger partial charge in [-0.1, -0.05) is 27.2 Å². The summed E-state index contributed by atoms with van der Waals surface area (Å²) in [5.74, 6) is 0.653. The summed E-state index contributed by atoms with van der Waals surface area (Å²) in [5.41, 5.74) is 0. The van der Waals surface area contributed by atoms with E-state index in [-0.39, 0.29) is 0 Å². The minimum atomic E-state index is 0.460. The molecule has 1 unspecified atom stereocenters. The van der Waals surface area contributed by atoms with Crippen LogP contribution in [0.5, 0.6) is 0 Å². The summed E-state index contributed by atoms with van der Waals surface area (Å²) in [6.45, 7) is 11.5. The van der Waals surface area contributed by atoms with Gasteiger partial charge in [-0.2, -0.15) is 0 Å². The molecule has 1 aliphatic rings. The van der Waals surface area contributed by atoms with Crippen molar-refractivity contribution in [3.05, 3.63) is 0 Å². The maximum atomic E-state index is 5.92. The molecule has 0 aromatic rings. The molecule has 2 nitrogen and oxygen atoms in total. The summed E-state index contributed by atoms with van der Waals surface area (Å²) in [4.78, 5) is 2.59. The van der Waals surface area contributed by atoms with Gasteiger partial charge in [0.15, 0.2) is 0 Å². The summed E-state index contributed by atoms with van der Waals surface area (Å²) >= 11 is 0. The predicted molar refractivity (Wildman–Crippen MR) is 69.8 cm³/mol. The van der Waals surface area contributed by atoms with Crippen LogP contribution in [-0.4, -0.2) is 37.2 Å². The number of rotatable bonds is 7. The fraction of sp³-hybridized carbons (Fsp3) is 1.00. The Morgan fingerprint density at radius 2 is 1.81 bits per heavy atom. The van der Waals surface area contributed by atoms with Crippen molar-refractivity contribution < 1.29 is 4.74 Å². The van der Waals surface area contributed by atoms with E-state index in [0.29, 0.717) is 12.0 Å². The van der Waals surface area contributed by atoms with Crippen LogP contribution in [0.4, 0.5) is 0 Å². The largest absolute Gasteiger partial charge is 0.378 e. The third-order valence-electron chi connectivity index (χ3n) is 3.55. The van der Waals surface area contributed by atoms with Crippen molar-refractivity contribution in [1.82, 2.24) is 4.90 Å². The lowest BCUT2D eigenvalue weighted by Crippen LogP contribution is -2.31. The van der Waals surface area contributed by atoms with Crippen LogP contribution in [-0.2, 0) is 4.74 Å². The Bertz CT molecular complexity index is 164. The minimum absolute atomic E-state index is 0.460. The van der Waals surface area contributed by atoms with Gasteiger partial charge in [-0.05, 0) is 44.7 Å². The van der Waals surface area contributed by atoms with Crippen molar-refractivity contribution in [1.29, 1.82) is 0 Å². The fourth-order valence-corrected chi connectivity index (χ4v) is 2.49. The van der Waals surface area contributed by atoms with E-state index in [2.05, 4.69) is 25.7 Å². The first-order chi connectivity index (χ1) is 7.74. The van der Waals surface area contributed by atoms with E-state index >= 15 is 0 Å². The standard InChI is InChI=1S/C14H29NO/c1-4-14(13(2)3)16-12-8-11-15-9-6-5-7-10-15/h13-14H,4-12H2,1-3H3. The zero-order chi connectivity index (χ0) is 11.8. The highest BCUT2D eigenvalue weighted by Crippen LogP contribution is 2.12. The second-order valence-corrected chi connectivity index (χ2v) is 5.32. The van der Waals surface area contributed by atoms with Gasteiger partial charge in [0.1, 0.15) is 0 Å².